The molecule has 2 aliphatic rings. The second-order valence-electron chi connectivity index (χ2n) is 7.69. The van der Waals surface area contributed by atoms with Crippen LogP contribution in [0.4, 0.5) is 0 Å². The van der Waals surface area contributed by atoms with E-state index in [-0.39, 0.29) is 11.9 Å². The normalized spacial score (nSPS) is 20.8. The van der Waals surface area contributed by atoms with Crippen molar-refractivity contribution in [3.63, 3.8) is 0 Å². The summed E-state index contributed by atoms with van der Waals surface area (Å²) in [5.74, 6) is 0.155. The van der Waals surface area contributed by atoms with Crippen molar-refractivity contribution in [1.82, 2.24) is 10.2 Å². The first-order chi connectivity index (χ1) is 13.7. The zero-order chi connectivity index (χ0) is 19.4. The lowest BCUT2D eigenvalue weighted by Gasteiger charge is -2.35. The molecule has 2 aromatic rings. The van der Waals surface area contributed by atoms with Gasteiger partial charge < -0.3 is 10.1 Å². The van der Waals surface area contributed by atoms with Gasteiger partial charge in [-0.3, -0.25) is 9.69 Å². The number of hydrogen-bond acceptors (Lipinski definition) is 4. The Morgan fingerprint density at radius 1 is 1.18 bits per heavy atom. The fraction of sp³-hybridized carbons (Fsp3) is 0.500. The molecule has 150 valence electrons. The van der Waals surface area contributed by atoms with Gasteiger partial charge in [0.25, 0.3) is 0 Å². The molecular weight excluding hydrogens is 392 g/mol. The zero-order valence-electron chi connectivity index (χ0n) is 16.0. The van der Waals surface area contributed by atoms with Gasteiger partial charge in [-0.05, 0) is 42.0 Å². The van der Waals surface area contributed by atoms with E-state index in [1.807, 2.05) is 24.3 Å². The van der Waals surface area contributed by atoms with Gasteiger partial charge in [-0.15, -0.1) is 11.3 Å². The summed E-state index contributed by atoms with van der Waals surface area (Å²) in [4.78, 5) is 17.2. The predicted octanol–water partition coefficient (Wildman–Crippen LogP) is 4.40. The van der Waals surface area contributed by atoms with Crippen LogP contribution >= 0.6 is 22.9 Å². The molecule has 1 N–H and O–H groups in total. The molecule has 28 heavy (non-hydrogen) atoms. The van der Waals surface area contributed by atoms with E-state index in [2.05, 4.69) is 27.7 Å². The molecule has 2 fully saturated rings. The Kier molecular flexibility index (Phi) is 6.36. The summed E-state index contributed by atoms with van der Waals surface area (Å²) in [6.45, 7) is 3.95. The van der Waals surface area contributed by atoms with Gasteiger partial charge in [0, 0.05) is 29.5 Å². The lowest BCUT2D eigenvalue weighted by molar-refractivity contribution is -0.127. The number of halogens is 1. The van der Waals surface area contributed by atoms with Crippen LogP contribution in [0.5, 0.6) is 0 Å². The lowest BCUT2D eigenvalue weighted by atomic mass is 9.78. The Labute approximate surface area is 175 Å². The summed E-state index contributed by atoms with van der Waals surface area (Å²) >= 11 is 7.83. The van der Waals surface area contributed by atoms with Crippen LogP contribution in [0.1, 0.15) is 42.2 Å². The average Bonchev–Trinajstić information content (AvgIpc) is 3.42. The molecule has 1 saturated carbocycles. The molecule has 1 saturated heterocycles. The number of morpholine rings is 1. The van der Waals surface area contributed by atoms with Crippen LogP contribution in [0.25, 0.3) is 0 Å². The van der Waals surface area contributed by atoms with Crippen LogP contribution in [0.15, 0.2) is 41.8 Å². The van der Waals surface area contributed by atoms with Crippen molar-refractivity contribution in [3.8, 4) is 0 Å². The van der Waals surface area contributed by atoms with Crippen LogP contribution < -0.4 is 5.32 Å². The summed E-state index contributed by atoms with van der Waals surface area (Å²) in [7, 11) is 0. The van der Waals surface area contributed by atoms with E-state index in [4.69, 9.17) is 16.3 Å². The highest BCUT2D eigenvalue weighted by atomic mass is 35.5. The van der Waals surface area contributed by atoms with E-state index in [9.17, 15) is 4.79 Å². The van der Waals surface area contributed by atoms with Gasteiger partial charge in [-0.2, -0.15) is 0 Å². The molecule has 1 atom stereocenters. The summed E-state index contributed by atoms with van der Waals surface area (Å²) in [5.41, 5.74) is 0.668. The first-order valence-electron chi connectivity index (χ1n) is 10.1. The zero-order valence-corrected chi connectivity index (χ0v) is 17.6. The van der Waals surface area contributed by atoms with E-state index in [0.717, 1.165) is 57.6 Å². The molecule has 4 nitrogen and oxygen atoms in total. The maximum Gasteiger partial charge on any atom is 0.230 e. The largest absolute Gasteiger partial charge is 0.379 e. The molecule has 1 aromatic carbocycles. The second kappa shape index (κ2) is 8.95. The molecule has 2 heterocycles. The van der Waals surface area contributed by atoms with E-state index in [1.54, 1.807) is 11.3 Å². The van der Waals surface area contributed by atoms with Gasteiger partial charge in [0.2, 0.25) is 5.91 Å². The quantitative estimate of drug-likeness (QED) is 0.755. The van der Waals surface area contributed by atoms with Crippen LogP contribution in [-0.2, 0) is 14.9 Å². The van der Waals surface area contributed by atoms with Gasteiger partial charge in [0.15, 0.2) is 0 Å². The van der Waals surface area contributed by atoms with Gasteiger partial charge in [-0.1, -0.05) is 42.6 Å². The number of carbonyl (C=O) groups is 1. The molecular formula is C22H27ClN2O2S. The number of amides is 1. The van der Waals surface area contributed by atoms with Crippen molar-refractivity contribution in [2.24, 2.45) is 0 Å². The molecule has 4 rings (SSSR count). The molecule has 6 heteroatoms. The summed E-state index contributed by atoms with van der Waals surface area (Å²) in [6.07, 6.45) is 3.99. The highest BCUT2D eigenvalue weighted by molar-refractivity contribution is 7.10. The highest BCUT2D eigenvalue weighted by Crippen LogP contribution is 2.42. The molecule has 1 aromatic heterocycles. The maximum absolute atomic E-state index is 13.4. The second-order valence-corrected chi connectivity index (χ2v) is 9.10. The van der Waals surface area contributed by atoms with Gasteiger partial charge in [-0.25, -0.2) is 0 Å². The lowest BCUT2D eigenvalue weighted by Crippen LogP contribution is -2.48. The standard InChI is InChI=1S/C22H27ClN2O2S/c23-18-7-5-17(6-8-18)22(9-1-2-10-22)21(26)24-16-19(20-4-3-15-28-20)25-11-13-27-14-12-25/h3-8,15,19H,1-2,9-14,16H2,(H,24,26)/t19-/m1/s1. The van der Waals surface area contributed by atoms with Crippen molar-refractivity contribution in [2.75, 3.05) is 32.8 Å². The van der Waals surface area contributed by atoms with Crippen LogP contribution in [0.3, 0.4) is 0 Å². The van der Waals surface area contributed by atoms with Crippen molar-refractivity contribution in [3.05, 3.63) is 57.2 Å². The summed E-state index contributed by atoms with van der Waals surface area (Å²) in [5, 5.41) is 6.13. The van der Waals surface area contributed by atoms with Crippen LogP contribution in [0.2, 0.25) is 5.02 Å². The maximum atomic E-state index is 13.4. The van der Waals surface area contributed by atoms with Gasteiger partial charge in [0.1, 0.15) is 0 Å². The fourth-order valence-corrected chi connectivity index (χ4v) is 5.52. The van der Waals surface area contributed by atoms with Crippen LogP contribution in [-0.4, -0.2) is 43.7 Å². The Hall–Kier alpha value is -1.40. The first-order valence-corrected chi connectivity index (χ1v) is 11.3. The van der Waals surface area contributed by atoms with Crippen molar-refractivity contribution < 1.29 is 9.53 Å². The van der Waals surface area contributed by atoms with Crippen molar-refractivity contribution >= 4 is 28.8 Å². The van der Waals surface area contributed by atoms with E-state index >= 15 is 0 Å². The number of carbonyl (C=O) groups excluding carboxylic acids is 1. The molecule has 0 bridgehead atoms. The minimum atomic E-state index is -0.421. The predicted molar refractivity (Wildman–Crippen MR) is 114 cm³/mol. The van der Waals surface area contributed by atoms with Crippen LogP contribution in [0, 0.1) is 0 Å². The van der Waals surface area contributed by atoms with E-state index in [0.29, 0.717) is 11.6 Å². The Morgan fingerprint density at radius 3 is 2.54 bits per heavy atom. The van der Waals surface area contributed by atoms with Gasteiger partial charge in [0.05, 0.1) is 24.7 Å². The SMILES string of the molecule is O=C(NC[C@H](c1cccs1)N1CCOCC1)C1(c2ccc(Cl)cc2)CCCC1. The monoisotopic (exact) mass is 418 g/mol. The number of nitrogens with one attached hydrogen (secondary N) is 1. The molecule has 1 aliphatic carbocycles. The average molecular weight is 419 g/mol. The third-order valence-electron chi connectivity index (χ3n) is 6.10. The highest BCUT2D eigenvalue weighted by Gasteiger charge is 2.42. The third-order valence-corrected chi connectivity index (χ3v) is 7.33. The van der Waals surface area contributed by atoms with Crippen molar-refractivity contribution in [2.45, 2.75) is 37.1 Å². The minimum absolute atomic E-state index is 0.155. The molecule has 0 radical (unpaired) electrons. The van der Waals surface area contributed by atoms with E-state index in [1.165, 1.54) is 4.88 Å². The number of thiophene rings is 1. The number of benzene rings is 1. The number of nitrogens with zero attached hydrogens (tertiary/aromatic N) is 1. The fourth-order valence-electron chi connectivity index (χ4n) is 4.53. The topological polar surface area (TPSA) is 41.6 Å². The van der Waals surface area contributed by atoms with Gasteiger partial charge >= 0.3 is 0 Å². The first kappa shape index (κ1) is 19.9. The Balaban J connectivity index is 1.51. The number of rotatable bonds is 6. The summed E-state index contributed by atoms with van der Waals surface area (Å²) < 4.78 is 5.52. The number of hydrogen-bond donors (Lipinski definition) is 1. The number of ether oxygens (including phenoxy) is 1. The molecule has 1 aliphatic heterocycles. The molecule has 0 spiro atoms. The Bertz CT molecular complexity index is 766. The minimum Gasteiger partial charge on any atom is -0.379 e. The van der Waals surface area contributed by atoms with Crippen molar-refractivity contribution in [1.29, 1.82) is 0 Å². The Morgan fingerprint density at radius 2 is 1.89 bits per heavy atom. The third kappa shape index (κ3) is 4.13. The summed E-state index contributed by atoms with van der Waals surface area (Å²) in [6, 6.07) is 12.3. The molecule has 0 unspecified atom stereocenters. The van der Waals surface area contributed by atoms with E-state index < -0.39 is 5.41 Å². The smallest absolute Gasteiger partial charge is 0.230 e. The molecule has 1 amide bonds.